The zero-order valence-electron chi connectivity index (χ0n) is 16.0. The molecule has 1 fully saturated rings. The lowest BCUT2D eigenvalue weighted by Gasteiger charge is -2.37. The van der Waals surface area contributed by atoms with Crippen LogP contribution in [0.25, 0.3) is 0 Å². The van der Waals surface area contributed by atoms with E-state index in [9.17, 15) is 9.59 Å². The summed E-state index contributed by atoms with van der Waals surface area (Å²) < 4.78 is 5.58. The first-order valence-electron chi connectivity index (χ1n) is 9.36. The highest BCUT2D eigenvalue weighted by molar-refractivity contribution is 5.94. The van der Waals surface area contributed by atoms with Crippen molar-refractivity contribution >= 4 is 11.9 Å². The molecule has 1 aromatic carbocycles. The predicted octanol–water partition coefficient (Wildman–Crippen LogP) is 2.62. The molecule has 0 saturated carbocycles. The number of carboxylic acids is 1. The second-order valence-corrected chi connectivity index (χ2v) is 7.04. The molecule has 1 aliphatic heterocycles. The molecule has 0 atom stereocenters. The highest BCUT2D eigenvalue weighted by Gasteiger charge is 2.27. The molecular formula is C20H30N2O4. The predicted molar refractivity (Wildman–Crippen MR) is 100 cm³/mol. The lowest BCUT2D eigenvalue weighted by molar-refractivity contribution is -0.139. The molecule has 6 heteroatoms. The Morgan fingerprint density at radius 3 is 2.35 bits per heavy atom. The molecule has 0 unspecified atom stereocenters. The molecule has 0 radical (unpaired) electrons. The lowest BCUT2D eigenvalue weighted by Crippen LogP contribution is -2.48. The van der Waals surface area contributed by atoms with E-state index < -0.39 is 5.97 Å². The van der Waals surface area contributed by atoms with Crippen molar-refractivity contribution < 1.29 is 19.4 Å². The summed E-state index contributed by atoms with van der Waals surface area (Å²) >= 11 is 0. The van der Waals surface area contributed by atoms with Crippen LogP contribution in [0.3, 0.4) is 0 Å². The number of rotatable bonds is 8. The maximum atomic E-state index is 12.7. The van der Waals surface area contributed by atoms with Crippen molar-refractivity contribution in [3.8, 4) is 0 Å². The van der Waals surface area contributed by atoms with Gasteiger partial charge in [-0.05, 0) is 50.9 Å². The van der Waals surface area contributed by atoms with Gasteiger partial charge in [0.15, 0.2) is 0 Å². The summed E-state index contributed by atoms with van der Waals surface area (Å²) in [6.45, 7) is 8.63. The second-order valence-electron chi connectivity index (χ2n) is 7.04. The first-order chi connectivity index (χ1) is 12.4. The fraction of sp³-hybridized carbons (Fsp3) is 0.600. The Labute approximate surface area is 155 Å². The molecule has 0 bridgehead atoms. The van der Waals surface area contributed by atoms with Crippen molar-refractivity contribution in [3.63, 3.8) is 0 Å². The summed E-state index contributed by atoms with van der Waals surface area (Å²) in [6.07, 6.45) is 1.81. The Hall–Kier alpha value is -1.92. The molecule has 6 nitrogen and oxygen atoms in total. The smallest absolute Gasteiger partial charge is 0.317 e. The quantitative estimate of drug-likeness (QED) is 0.770. The van der Waals surface area contributed by atoms with Crippen molar-refractivity contribution in [1.29, 1.82) is 0 Å². The minimum atomic E-state index is -0.799. The molecule has 1 amide bonds. The van der Waals surface area contributed by atoms with E-state index in [0.29, 0.717) is 31.8 Å². The molecule has 26 heavy (non-hydrogen) atoms. The molecule has 0 aromatic heterocycles. The van der Waals surface area contributed by atoms with Crippen LogP contribution in [0.4, 0.5) is 0 Å². The van der Waals surface area contributed by atoms with Crippen LogP contribution in [0.2, 0.25) is 0 Å². The number of amides is 1. The average molecular weight is 362 g/mol. The number of hydrogen-bond acceptors (Lipinski definition) is 4. The number of aliphatic carboxylic acids is 1. The van der Waals surface area contributed by atoms with Crippen molar-refractivity contribution in [2.24, 2.45) is 0 Å². The molecule has 144 valence electrons. The molecule has 0 aliphatic carbocycles. The number of piperidine rings is 1. The highest BCUT2D eigenvalue weighted by Crippen LogP contribution is 2.19. The van der Waals surface area contributed by atoms with Gasteiger partial charge in [-0.3, -0.25) is 14.5 Å². The number of benzene rings is 1. The van der Waals surface area contributed by atoms with E-state index in [1.807, 2.05) is 54.8 Å². The van der Waals surface area contributed by atoms with Gasteiger partial charge in [-0.15, -0.1) is 0 Å². The van der Waals surface area contributed by atoms with Gasteiger partial charge in [0.2, 0.25) is 0 Å². The third-order valence-electron chi connectivity index (χ3n) is 4.80. The summed E-state index contributed by atoms with van der Waals surface area (Å²) in [7, 11) is 0. The van der Waals surface area contributed by atoms with E-state index in [1.165, 1.54) is 0 Å². The van der Waals surface area contributed by atoms with E-state index in [1.54, 1.807) is 0 Å². The Bertz CT molecular complexity index is 592. The van der Waals surface area contributed by atoms with Crippen LogP contribution < -0.4 is 0 Å². The van der Waals surface area contributed by atoms with Crippen molar-refractivity contribution in [3.05, 3.63) is 35.4 Å². The molecule has 1 aromatic rings. The Morgan fingerprint density at radius 2 is 1.85 bits per heavy atom. The summed E-state index contributed by atoms with van der Waals surface area (Å²) in [6, 6.07) is 7.82. The number of carboxylic acid groups (broad SMARTS) is 1. The molecule has 2 rings (SSSR count). The number of carbonyl (C=O) groups is 2. The minimum Gasteiger partial charge on any atom is -0.480 e. The third-order valence-corrected chi connectivity index (χ3v) is 4.80. The number of likely N-dealkylation sites (N-methyl/N-ethyl adjacent to an activating group) is 1. The lowest BCUT2D eigenvalue weighted by atomic mass is 10.0. The standard InChI is InChI=1S/C20H30N2O4/c1-4-21(13-19(23)24)18-9-11-22(12-10-18)20(25)17-7-5-16(6-8-17)14-26-15(2)3/h5-8,15,18H,4,9-14H2,1-3H3,(H,23,24). The molecule has 1 heterocycles. The van der Waals surface area contributed by atoms with Gasteiger partial charge in [0.1, 0.15) is 0 Å². The van der Waals surface area contributed by atoms with Crippen molar-refractivity contribution in [1.82, 2.24) is 9.80 Å². The molecular weight excluding hydrogens is 332 g/mol. The second kappa shape index (κ2) is 9.69. The first kappa shape index (κ1) is 20.4. The number of nitrogens with zero attached hydrogens (tertiary/aromatic N) is 2. The van der Waals surface area contributed by atoms with Gasteiger partial charge in [0, 0.05) is 24.7 Å². The number of hydrogen-bond donors (Lipinski definition) is 1. The summed E-state index contributed by atoms with van der Waals surface area (Å²) in [5, 5.41) is 9.01. The van der Waals surface area contributed by atoms with Gasteiger partial charge in [-0.25, -0.2) is 0 Å². The zero-order chi connectivity index (χ0) is 19.1. The first-order valence-corrected chi connectivity index (χ1v) is 9.36. The van der Waals surface area contributed by atoms with Crippen molar-refractivity contribution in [2.75, 3.05) is 26.2 Å². The topological polar surface area (TPSA) is 70.1 Å². The van der Waals surface area contributed by atoms with Crippen LogP contribution in [0.5, 0.6) is 0 Å². The van der Waals surface area contributed by atoms with Crippen LogP contribution in [0, 0.1) is 0 Å². The van der Waals surface area contributed by atoms with Crippen LogP contribution in [0.15, 0.2) is 24.3 Å². The monoisotopic (exact) mass is 362 g/mol. The van der Waals surface area contributed by atoms with Gasteiger partial charge in [0.25, 0.3) is 5.91 Å². The minimum absolute atomic E-state index is 0.0426. The van der Waals surface area contributed by atoms with Gasteiger partial charge in [-0.1, -0.05) is 19.1 Å². The number of ether oxygens (including phenoxy) is 1. The highest BCUT2D eigenvalue weighted by atomic mass is 16.5. The maximum Gasteiger partial charge on any atom is 0.317 e. The molecule has 1 aliphatic rings. The van der Waals surface area contributed by atoms with Crippen LogP contribution in [-0.4, -0.2) is 65.1 Å². The largest absolute Gasteiger partial charge is 0.480 e. The van der Waals surface area contributed by atoms with Crippen molar-refractivity contribution in [2.45, 2.75) is 52.4 Å². The van der Waals surface area contributed by atoms with Gasteiger partial charge < -0.3 is 14.7 Å². The van der Waals surface area contributed by atoms with E-state index in [0.717, 1.165) is 18.4 Å². The van der Waals surface area contributed by atoms with Gasteiger partial charge in [0.05, 0.1) is 19.3 Å². The summed E-state index contributed by atoms with van der Waals surface area (Å²) in [4.78, 5) is 27.5. The fourth-order valence-electron chi connectivity index (χ4n) is 3.30. The van der Waals surface area contributed by atoms with Crippen LogP contribution in [-0.2, 0) is 16.1 Å². The van der Waals surface area contributed by atoms with E-state index in [-0.39, 0.29) is 24.6 Å². The third kappa shape index (κ3) is 5.81. The van der Waals surface area contributed by atoms with Gasteiger partial charge >= 0.3 is 5.97 Å². The SMILES string of the molecule is CCN(CC(=O)O)C1CCN(C(=O)c2ccc(COC(C)C)cc2)CC1. The van der Waals surface area contributed by atoms with E-state index >= 15 is 0 Å². The maximum absolute atomic E-state index is 12.7. The fourth-order valence-corrected chi connectivity index (χ4v) is 3.30. The van der Waals surface area contributed by atoms with Crippen LogP contribution in [0.1, 0.15) is 49.5 Å². The molecule has 1 N–H and O–H groups in total. The summed E-state index contributed by atoms with van der Waals surface area (Å²) in [5.74, 6) is -0.757. The van der Waals surface area contributed by atoms with E-state index in [4.69, 9.17) is 9.84 Å². The molecule has 0 spiro atoms. The average Bonchev–Trinajstić information content (AvgIpc) is 2.64. The van der Waals surface area contributed by atoms with E-state index in [2.05, 4.69) is 0 Å². The van der Waals surface area contributed by atoms with Crippen LogP contribution >= 0.6 is 0 Å². The normalized spacial score (nSPS) is 15.7. The van der Waals surface area contributed by atoms with Gasteiger partial charge in [-0.2, -0.15) is 0 Å². The molecule has 1 saturated heterocycles. The number of carbonyl (C=O) groups excluding carboxylic acids is 1. The summed E-state index contributed by atoms with van der Waals surface area (Å²) in [5.41, 5.74) is 1.75. The Balaban J connectivity index is 1.88. The Morgan fingerprint density at radius 1 is 1.23 bits per heavy atom. The zero-order valence-corrected chi connectivity index (χ0v) is 16.0. The Kier molecular flexibility index (Phi) is 7.60. The number of likely N-dealkylation sites (tertiary alicyclic amines) is 1.